The number of rotatable bonds is 4. The fourth-order valence-corrected chi connectivity index (χ4v) is 3.16. The fourth-order valence-electron chi connectivity index (χ4n) is 3.16. The van der Waals surface area contributed by atoms with E-state index >= 15 is 0 Å². The molecule has 4 nitrogen and oxygen atoms in total. The molecule has 0 aliphatic rings. The van der Waals surface area contributed by atoms with Crippen molar-refractivity contribution >= 4 is 16.8 Å². The summed E-state index contributed by atoms with van der Waals surface area (Å²) in [6.07, 6.45) is 0. The summed E-state index contributed by atoms with van der Waals surface area (Å²) in [6, 6.07) is 23.0. The molecule has 0 bridgehead atoms. The van der Waals surface area contributed by atoms with E-state index < -0.39 is 0 Å². The Hall–Kier alpha value is -3.40. The number of pyridine rings is 1. The lowest BCUT2D eigenvalue weighted by Gasteiger charge is -2.15. The highest BCUT2D eigenvalue weighted by molar-refractivity contribution is 6.07. The van der Waals surface area contributed by atoms with Gasteiger partial charge in [0.15, 0.2) is 5.76 Å². The van der Waals surface area contributed by atoms with Crippen LogP contribution in [0.15, 0.2) is 77.2 Å². The third kappa shape index (κ3) is 3.47. The first kappa shape index (κ1) is 17.0. The molecule has 0 saturated heterocycles. The van der Waals surface area contributed by atoms with E-state index in [0.29, 0.717) is 17.0 Å². The van der Waals surface area contributed by atoms with E-state index in [1.807, 2.05) is 80.6 Å². The van der Waals surface area contributed by atoms with E-state index in [0.717, 1.165) is 22.2 Å². The molecule has 134 valence electrons. The number of amides is 1. The second-order valence-corrected chi connectivity index (χ2v) is 6.59. The highest BCUT2D eigenvalue weighted by Gasteiger charge is 2.17. The lowest BCUT2D eigenvalue weighted by Crippen LogP contribution is -2.27. The van der Waals surface area contributed by atoms with Gasteiger partial charge in [0, 0.05) is 5.39 Å². The molecule has 1 amide bonds. The quantitative estimate of drug-likeness (QED) is 0.540. The van der Waals surface area contributed by atoms with E-state index in [1.54, 1.807) is 6.07 Å². The molecule has 0 fully saturated rings. The van der Waals surface area contributed by atoms with Crippen LogP contribution >= 0.6 is 0 Å². The molecule has 2 heterocycles. The van der Waals surface area contributed by atoms with Crippen LogP contribution in [0.1, 0.15) is 34.6 Å². The van der Waals surface area contributed by atoms with Gasteiger partial charge in [-0.1, -0.05) is 48.5 Å². The van der Waals surface area contributed by atoms with Gasteiger partial charge in [-0.05, 0) is 43.7 Å². The maximum atomic E-state index is 13.1. The summed E-state index contributed by atoms with van der Waals surface area (Å²) in [5, 5.41) is 3.91. The van der Waals surface area contributed by atoms with Crippen LogP contribution in [-0.2, 0) is 0 Å². The predicted molar refractivity (Wildman–Crippen MR) is 107 cm³/mol. The molecule has 0 radical (unpaired) electrons. The van der Waals surface area contributed by atoms with Crippen LogP contribution < -0.4 is 5.32 Å². The first-order valence-corrected chi connectivity index (χ1v) is 8.94. The van der Waals surface area contributed by atoms with Crippen LogP contribution in [0, 0.1) is 6.92 Å². The van der Waals surface area contributed by atoms with Crippen LogP contribution in [0.4, 0.5) is 0 Å². The molecule has 1 unspecified atom stereocenters. The van der Waals surface area contributed by atoms with Crippen molar-refractivity contribution in [3.05, 3.63) is 89.7 Å². The monoisotopic (exact) mass is 356 g/mol. The number of hydrogen-bond donors (Lipinski definition) is 1. The number of aryl methyl sites for hydroxylation is 1. The van der Waals surface area contributed by atoms with Crippen LogP contribution in [0.3, 0.4) is 0 Å². The minimum Gasteiger partial charge on any atom is -0.460 e. The molecule has 4 rings (SSSR count). The minimum absolute atomic E-state index is 0.0973. The average Bonchev–Trinajstić information content (AvgIpc) is 3.14. The number of nitrogens with one attached hydrogen (secondary N) is 1. The van der Waals surface area contributed by atoms with Crippen molar-refractivity contribution in [3.63, 3.8) is 0 Å². The zero-order valence-corrected chi connectivity index (χ0v) is 15.3. The fraction of sp³-hybridized carbons (Fsp3) is 0.130. The molecule has 0 aliphatic heterocycles. The van der Waals surface area contributed by atoms with Gasteiger partial charge in [0.2, 0.25) is 0 Å². The van der Waals surface area contributed by atoms with Gasteiger partial charge in [-0.3, -0.25) is 4.79 Å². The molecular weight excluding hydrogens is 336 g/mol. The van der Waals surface area contributed by atoms with E-state index in [1.165, 1.54) is 0 Å². The highest BCUT2D eigenvalue weighted by atomic mass is 16.3. The van der Waals surface area contributed by atoms with Gasteiger partial charge in [-0.25, -0.2) is 4.98 Å². The van der Waals surface area contributed by atoms with Crippen LogP contribution in [0.5, 0.6) is 0 Å². The van der Waals surface area contributed by atoms with Crippen LogP contribution in [-0.4, -0.2) is 10.9 Å². The summed E-state index contributed by atoms with van der Waals surface area (Å²) in [5.74, 6) is 1.33. The number of carbonyl (C=O) groups is 1. The van der Waals surface area contributed by atoms with Crippen molar-refractivity contribution in [3.8, 4) is 11.5 Å². The van der Waals surface area contributed by atoms with Crippen molar-refractivity contribution in [1.82, 2.24) is 10.3 Å². The summed E-state index contributed by atoms with van der Waals surface area (Å²) in [6.45, 7) is 3.87. The third-order valence-corrected chi connectivity index (χ3v) is 4.60. The van der Waals surface area contributed by atoms with Gasteiger partial charge in [-0.2, -0.15) is 0 Å². The van der Waals surface area contributed by atoms with Gasteiger partial charge >= 0.3 is 0 Å². The second-order valence-electron chi connectivity index (χ2n) is 6.59. The van der Waals surface area contributed by atoms with E-state index in [9.17, 15) is 4.79 Å². The zero-order chi connectivity index (χ0) is 18.8. The molecule has 4 heteroatoms. The number of carbonyl (C=O) groups excluding carboxylic acids is 1. The van der Waals surface area contributed by atoms with Gasteiger partial charge in [0.1, 0.15) is 11.5 Å². The maximum absolute atomic E-state index is 13.1. The minimum atomic E-state index is -0.130. The summed E-state index contributed by atoms with van der Waals surface area (Å²) < 4.78 is 5.71. The number of fused-ring (bicyclic) bond motifs is 1. The summed E-state index contributed by atoms with van der Waals surface area (Å²) in [4.78, 5) is 17.7. The highest BCUT2D eigenvalue weighted by Crippen LogP contribution is 2.26. The summed E-state index contributed by atoms with van der Waals surface area (Å²) in [7, 11) is 0. The lowest BCUT2D eigenvalue weighted by atomic mass is 10.0. The lowest BCUT2D eigenvalue weighted by molar-refractivity contribution is 0.0941. The van der Waals surface area contributed by atoms with E-state index in [4.69, 9.17) is 4.42 Å². The largest absolute Gasteiger partial charge is 0.460 e. The summed E-state index contributed by atoms with van der Waals surface area (Å²) in [5.41, 5.74) is 3.07. The molecule has 1 atom stereocenters. The average molecular weight is 356 g/mol. The van der Waals surface area contributed by atoms with Crippen molar-refractivity contribution in [2.75, 3.05) is 0 Å². The molecule has 0 spiro atoms. The topological polar surface area (TPSA) is 55.1 Å². The molecule has 0 aliphatic carbocycles. The third-order valence-electron chi connectivity index (χ3n) is 4.60. The van der Waals surface area contributed by atoms with Crippen LogP contribution in [0.25, 0.3) is 22.4 Å². The Morgan fingerprint density at radius 2 is 1.74 bits per heavy atom. The molecular formula is C23H20N2O2. The Kier molecular flexibility index (Phi) is 4.47. The Balaban J connectivity index is 1.74. The Labute approximate surface area is 157 Å². The first-order valence-electron chi connectivity index (χ1n) is 8.94. The Bertz CT molecular complexity index is 1100. The van der Waals surface area contributed by atoms with E-state index in [-0.39, 0.29) is 11.9 Å². The Morgan fingerprint density at radius 3 is 2.48 bits per heavy atom. The predicted octanol–water partition coefficient (Wildman–Crippen LogP) is 5.29. The number of benzene rings is 2. The molecule has 4 aromatic rings. The molecule has 1 N–H and O–H groups in total. The molecule has 2 aromatic heterocycles. The van der Waals surface area contributed by atoms with Crippen molar-refractivity contribution < 1.29 is 9.21 Å². The van der Waals surface area contributed by atoms with Gasteiger partial charge in [0.05, 0.1) is 17.1 Å². The smallest absolute Gasteiger partial charge is 0.252 e. The van der Waals surface area contributed by atoms with Crippen molar-refractivity contribution in [2.24, 2.45) is 0 Å². The standard InChI is InChI=1S/C23H20N2O2/c1-15-12-13-22(27-15)21-14-19(18-10-6-7-11-20(18)25-21)23(26)24-16(2)17-8-4-3-5-9-17/h3-14,16H,1-2H3,(H,24,26). The van der Waals surface area contributed by atoms with Gasteiger partial charge < -0.3 is 9.73 Å². The van der Waals surface area contributed by atoms with Crippen molar-refractivity contribution in [2.45, 2.75) is 19.9 Å². The van der Waals surface area contributed by atoms with Gasteiger partial charge in [-0.15, -0.1) is 0 Å². The van der Waals surface area contributed by atoms with Crippen molar-refractivity contribution in [1.29, 1.82) is 0 Å². The maximum Gasteiger partial charge on any atom is 0.252 e. The second kappa shape index (κ2) is 7.08. The number of furan rings is 1. The number of aromatic nitrogens is 1. The number of para-hydroxylation sites is 1. The normalized spacial score (nSPS) is 12.1. The Morgan fingerprint density at radius 1 is 1.00 bits per heavy atom. The molecule has 0 saturated carbocycles. The molecule has 27 heavy (non-hydrogen) atoms. The van der Waals surface area contributed by atoms with Crippen LogP contribution in [0.2, 0.25) is 0 Å². The number of nitrogens with zero attached hydrogens (tertiary/aromatic N) is 1. The number of hydrogen-bond acceptors (Lipinski definition) is 3. The van der Waals surface area contributed by atoms with E-state index in [2.05, 4.69) is 10.3 Å². The summed E-state index contributed by atoms with van der Waals surface area (Å²) >= 11 is 0. The SMILES string of the molecule is Cc1ccc(-c2cc(C(=O)NC(C)c3ccccc3)c3ccccc3n2)o1. The van der Waals surface area contributed by atoms with Gasteiger partial charge in [0.25, 0.3) is 5.91 Å². The molecule has 2 aromatic carbocycles. The zero-order valence-electron chi connectivity index (χ0n) is 15.3. The first-order chi connectivity index (χ1) is 13.1.